The third-order valence-electron chi connectivity index (χ3n) is 3.57. The summed E-state index contributed by atoms with van der Waals surface area (Å²) < 4.78 is 11.7. The molecule has 1 aliphatic heterocycles. The molecule has 0 radical (unpaired) electrons. The highest BCUT2D eigenvalue weighted by Crippen LogP contribution is 2.40. The summed E-state index contributed by atoms with van der Waals surface area (Å²) in [6, 6.07) is 5.82. The molecule has 2 unspecified atom stereocenters. The van der Waals surface area contributed by atoms with Crippen LogP contribution in [0.1, 0.15) is 25.0 Å². The Balaban J connectivity index is 2.49. The van der Waals surface area contributed by atoms with Crippen molar-refractivity contribution in [3.8, 4) is 0 Å². The Kier molecular flexibility index (Phi) is 4.37. The molecular weight excluding hydrogens is 278 g/mol. The molecule has 1 heterocycles. The second-order valence-corrected chi connectivity index (χ2v) is 5.51. The smallest absolute Gasteiger partial charge is 0.241 e. The fraction of sp³-hybridized carbons (Fsp3) is 0.533. The van der Waals surface area contributed by atoms with Crippen molar-refractivity contribution in [2.45, 2.75) is 32.7 Å². The molecule has 0 aromatic heterocycles. The van der Waals surface area contributed by atoms with Gasteiger partial charge in [0.15, 0.2) is 5.79 Å². The molecule has 0 saturated carbocycles. The van der Waals surface area contributed by atoms with Gasteiger partial charge in [-0.3, -0.25) is 4.79 Å². The lowest BCUT2D eigenvalue weighted by molar-refractivity contribution is -0.159. The molecule has 1 amide bonds. The minimum atomic E-state index is -0.832. The number of benzene rings is 1. The van der Waals surface area contributed by atoms with Gasteiger partial charge in [0.1, 0.15) is 5.88 Å². The van der Waals surface area contributed by atoms with Crippen molar-refractivity contribution in [3.63, 3.8) is 0 Å². The van der Waals surface area contributed by atoms with Crippen LogP contribution in [0, 0.1) is 6.92 Å². The Morgan fingerprint density at radius 2 is 2.25 bits per heavy atom. The molecule has 2 atom stereocenters. The highest BCUT2D eigenvalue weighted by Gasteiger charge is 2.40. The number of amides is 1. The lowest BCUT2D eigenvalue weighted by Crippen LogP contribution is -2.33. The van der Waals surface area contributed by atoms with Crippen molar-refractivity contribution >= 4 is 23.2 Å². The van der Waals surface area contributed by atoms with Gasteiger partial charge < -0.3 is 14.4 Å². The first kappa shape index (κ1) is 15.3. The predicted octanol–water partition coefficient (Wildman–Crippen LogP) is 2.80. The summed E-state index contributed by atoms with van der Waals surface area (Å²) in [6.45, 7) is 6.35. The van der Waals surface area contributed by atoms with Crippen molar-refractivity contribution in [1.82, 2.24) is 0 Å². The zero-order chi connectivity index (χ0) is 14.9. The van der Waals surface area contributed by atoms with Crippen LogP contribution in [0.2, 0.25) is 0 Å². The number of alkyl halides is 1. The van der Waals surface area contributed by atoms with Gasteiger partial charge in [-0.05, 0) is 26.3 Å². The third-order valence-corrected chi connectivity index (χ3v) is 3.80. The van der Waals surface area contributed by atoms with Crippen LogP contribution in [0.3, 0.4) is 0 Å². The average Bonchev–Trinajstić information content (AvgIpc) is 2.77. The van der Waals surface area contributed by atoms with Crippen molar-refractivity contribution in [2.24, 2.45) is 0 Å². The monoisotopic (exact) mass is 297 g/mol. The van der Waals surface area contributed by atoms with Crippen molar-refractivity contribution in [1.29, 1.82) is 0 Å². The summed E-state index contributed by atoms with van der Waals surface area (Å²) >= 11 is 5.67. The Morgan fingerprint density at radius 3 is 2.80 bits per heavy atom. The van der Waals surface area contributed by atoms with Crippen molar-refractivity contribution in [2.75, 3.05) is 24.4 Å². The fourth-order valence-electron chi connectivity index (χ4n) is 2.55. The van der Waals surface area contributed by atoms with Gasteiger partial charge in [-0.15, -0.1) is 11.6 Å². The lowest BCUT2D eigenvalue weighted by Gasteiger charge is -2.30. The van der Waals surface area contributed by atoms with Crippen molar-refractivity contribution < 1.29 is 14.3 Å². The van der Waals surface area contributed by atoms with Gasteiger partial charge in [0.05, 0.1) is 18.4 Å². The number of anilines is 1. The second kappa shape index (κ2) is 5.72. The lowest BCUT2D eigenvalue weighted by atomic mass is 10.0. The van der Waals surface area contributed by atoms with Crippen LogP contribution < -0.4 is 4.90 Å². The SMILES string of the molecule is Cc1cccc(C2(C)OCC(C)O2)c1N(C)C(=O)CCl. The molecule has 110 valence electrons. The number of hydrogen-bond donors (Lipinski definition) is 0. The molecule has 0 spiro atoms. The van der Waals surface area contributed by atoms with Gasteiger partial charge in [-0.1, -0.05) is 18.2 Å². The van der Waals surface area contributed by atoms with Crippen LogP contribution in [0.5, 0.6) is 0 Å². The molecular formula is C15H20ClNO3. The highest BCUT2D eigenvalue weighted by atomic mass is 35.5. The van der Waals surface area contributed by atoms with E-state index in [-0.39, 0.29) is 17.9 Å². The number of hydrogen-bond acceptors (Lipinski definition) is 3. The summed E-state index contributed by atoms with van der Waals surface area (Å²) in [5.41, 5.74) is 2.63. The number of ether oxygens (including phenoxy) is 2. The maximum absolute atomic E-state index is 11.9. The van der Waals surface area contributed by atoms with Crippen LogP contribution >= 0.6 is 11.6 Å². The standard InChI is InChI=1S/C15H20ClNO3/c1-10-6-5-7-12(14(10)17(4)13(18)8-16)15(3)19-9-11(2)20-15/h5-7,11H,8-9H2,1-4H3. The summed E-state index contributed by atoms with van der Waals surface area (Å²) in [5, 5.41) is 0. The number of carbonyl (C=O) groups is 1. The minimum absolute atomic E-state index is 0.0300. The third kappa shape index (κ3) is 2.68. The highest BCUT2D eigenvalue weighted by molar-refractivity contribution is 6.29. The van der Waals surface area contributed by atoms with Gasteiger partial charge >= 0.3 is 0 Å². The molecule has 1 fully saturated rings. The largest absolute Gasteiger partial charge is 0.343 e. The number of nitrogens with zero attached hydrogens (tertiary/aromatic N) is 1. The molecule has 1 aromatic rings. The van der Waals surface area contributed by atoms with E-state index in [4.69, 9.17) is 21.1 Å². The van der Waals surface area contributed by atoms with E-state index < -0.39 is 5.79 Å². The first-order valence-electron chi connectivity index (χ1n) is 6.63. The van der Waals surface area contributed by atoms with E-state index in [1.807, 2.05) is 39.0 Å². The number of halogens is 1. The van der Waals surface area contributed by atoms with E-state index in [0.717, 1.165) is 16.8 Å². The van der Waals surface area contributed by atoms with Crippen LogP contribution in [-0.4, -0.2) is 31.5 Å². The summed E-state index contributed by atoms with van der Waals surface area (Å²) in [5.74, 6) is -1.04. The van der Waals surface area contributed by atoms with E-state index in [1.165, 1.54) is 0 Å². The quantitative estimate of drug-likeness (QED) is 0.805. The summed E-state index contributed by atoms with van der Waals surface area (Å²) in [7, 11) is 1.72. The maximum atomic E-state index is 11.9. The molecule has 0 N–H and O–H groups in total. The van der Waals surface area contributed by atoms with Crippen LogP contribution in [0.25, 0.3) is 0 Å². The number of carbonyl (C=O) groups excluding carboxylic acids is 1. The molecule has 1 saturated heterocycles. The summed E-state index contributed by atoms with van der Waals surface area (Å²) in [6.07, 6.45) is 0.0300. The van der Waals surface area contributed by atoms with E-state index in [9.17, 15) is 4.79 Å². The van der Waals surface area contributed by atoms with Crippen LogP contribution in [0.15, 0.2) is 18.2 Å². The summed E-state index contributed by atoms with van der Waals surface area (Å²) in [4.78, 5) is 13.5. The molecule has 0 bridgehead atoms. The molecule has 1 aliphatic rings. The number of rotatable bonds is 3. The van der Waals surface area contributed by atoms with E-state index in [0.29, 0.717) is 6.61 Å². The molecule has 20 heavy (non-hydrogen) atoms. The number of aryl methyl sites for hydroxylation is 1. The molecule has 1 aromatic carbocycles. The Bertz CT molecular complexity index is 520. The molecule has 2 rings (SSSR count). The zero-order valence-electron chi connectivity index (χ0n) is 12.3. The van der Waals surface area contributed by atoms with Gasteiger partial charge in [0.25, 0.3) is 0 Å². The van der Waals surface area contributed by atoms with Gasteiger partial charge in [-0.2, -0.15) is 0 Å². The van der Waals surface area contributed by atoms with Crippen molar-refractivity contribution in [3.05, 3.63) is 29.3 Å². The Morgan fingerprint density at radius 1 is 1.55 bits per heavy atom. The van der Waals surface area contributed by atoms with E-state index >= 15 is 0 Å². The molecule has 4 nitrogen and oxygen atoms in total. The fourth-order valence-corrected chi connectivity index (χ4v) is 2.73. The van der Waals surface area contributed by atoms with E-state index in [2.05, 4.69) is 0 Å². The molecule has 0 aliphatic carbocycles. The van der Waals surface area contributed by atoms with Gasteiger partial charge in [-0.25, -0.2) is 0 Å². The van der Waals surface area contributed by atoms with Crippen LogP contribution in [-0.2, 0) is 20.1 Å². The topological polar surface area (TPSA) is 38.8 Å². The minimum Gasteiger partial charge on any atom is -0.343 e. The van der Waals surface area contributed by atoms with E-state index in [1.54, 1.807) is 11.9 Å². The van der Waals surface area contributed by atoms with Crippen LogP contribution in [0.4, 0.5) is 5.69 Å². The zero-order valence-corrected chi connectivity index (χ0v) is 13.0. The second-order valence-electron chi connectivity index (χ2n) is 5.24. The maximum Gasteiger partial charge on any atom is 0.241 e. The number of para-hydroxylation sites is 1. The van der Waals surface area contributed by atoms with Gasteiger partial charge in [0, 0.05) is 12.6 Å². The predicted molar refractivity (Wildman–Crippen MR) is 79.2 cm³/mol. The van der Waals surface area contributed by atoms with Gasteiger partial charge in [0.2, 0.25) is 5.91 Å². The first-order chi connectivity index (χ1) is 9.39. The normalized spacial score (nSPS) is 25.8. The average molecular weight is 298 g/mol. The molecule has 5 heteroatoms. The Labute approximate surface area is 124 Å². The Hall–Kier alpha value is -1.10. The first-order valence-corrected chi connectivity index (χ1v) is 7.17.